The van der Waals surface area contributed by atoms with Gasteiger partial charge in [0.05, 0.1) is 82.3 Å². The van der Waals surface area contributed by atoms with Crippen molar-refractivity contribution in [3.05, 3.63) is 82.3 Å². The van der Waals surface area contributed by atoms with Crippen molar-refractivity contribution in [3.63, 3.8) is 0 Å². The summed E-state index contributed by atoms with van der Waals surface area (Å²) in [6.45, 7) is 8.31. The maximum absolute atomic E-state index is 17.1. The number of amides is 4. The van der Waals surface area contributed by atoms with Crippen molar-refractivity contribution in [1.29, 1.82) is 0 Å². The summed E-state index contributed by atoms with van der Waals surface area (Å²) in [7, 11) is 2.59. The number of aromatic amines is 2. The second kappa shape index (κ2) is 17.9. The Labute approximate surface area is 436 Å². The van der Waals surface area contributed by atoms with E-state index in [1.807, 2.05) is 68.0 Å². The number of nitrogens with zero attached hydrogens (tertiary/aromatic N) is 6. The number of halogens is 1. The standard InChI is InChI=1S/C55H61FN10O8S/c1-25(2)45(62-53(69)71-5)50(67)64-37-15-31(37)18-40(64)48-58-23-35(61-48)29-14-33(56)44-39-17-30-13-27(9-10-36(30)66(39)52(74-42(44)20-29)43-24-59-49(75-43)26-7-8-26)34-22-57-47(60-34)41-19-32-16-38(32)65(41)51(68)46(63-54(70)72-6)28-11-12-73-55(3,4)21-28/h9-10,13-14,17,20,22-26,28,31-32,37-38,40-41,45-46,52H,7-8,11-12,15-16,18-19,21H2,1-6H3,(H,57,60)(H,58,61)(H,62,69)(H,63,70)/t28?,31?,32-,37?,38-,40+,41+,45+,46?,52?/m1/s1. The van der Waals surface area contributed by atoms with E-state index in [9.17, 15) is 19.2 Å². The van der Waals surface area contributed by atoms with Gasteiger partial charge in [0, 0.05) is 47.3 Å². The molecule has 2 aromatic carbocycles. The number of ether oxygens (including phenoxy) is 4. The van der Waals surface area contributed by atoms with Crippen LogP contribution in [0.2, 0.25) is 0 Å². The number of fused-ring (bicyclic) bond motifs is 7. The normalized spacial score (nSPS) is 26.7. The largest absolute Gasteiger partial charge is 0.464 e. The third-order valence-electron chi connectivity index (χ3n) is 16.8. The number of H-pyrrole nitrogens is 2. The van der Waals surface area contributed by atoms with Gasteiger partial charge in [-0.15, -0.1) is 11.3 Å². The van der Waals surface area contributed by atoms with E-state index in [-0.39, 0.29) is 47.8 Å². The number of hydrogen-bond acceptors (Lipinski definition) is 12. The number of aromatic nitrogens is 6. The number of piperidine rings is 2. The Bertz CT molecular complexity index is 3290. The van der Waals surface area contributed by atoms with E-state index in [1.54, 1.807) is 23.7 Å². The highest BCUT2D eigenvalue weighted by atomic mass is 32.1. The fourth-order valence-corrected chi connectivity index (χ4v) is 13.8. The van der Waals surface area contributed by atoms with Crippen LogP contribution in [0.15, 0.2) is 55.0 Å². The van der Waals surface area contributed by atoms with Gasteiger partial charge < -0.3 is 49.3 Å². The topological polar surface area (TPSA) is 211 Å². The van der Waals surface area contributed by atoms with E-state index >= 15 is 4.39 Å². The summed E-state index contributed by atoms with van der Waals surface area (Å²) < 4.78 is 41.9. The minimum absolute atomic E-state index is 0.0637. The minimum Gasteiger partial charge on any atom is -0.464 e. The number of alkyl carbamates (subject to hydrolysis) is 2. The predicted octanol–water partition coefficient (Wildman–Crippen LogP) is 9.14. The number of hydrogen-bond donors (Lipinski definition) is 4. The molecule has 0 radical (unpaired) electrons. The molecule has 75 heavy (non-hydrogen) atoms. The first-order valence-corrected chi connectivity index (χ1v) is 27.2. The molecule has 4 aromatic heterocycles. The maximum Gasteiger partial charge on any atom is 0.407 e. The highest BCUT2D eigenvalue weighted by Gasteiger charge is 2.58. The van der Waals surface area contributed by atoms with Crippen molar-refractivity contribution in [2.45, 2.75) is 133 Å². The van der Waals surface area contributed by atoms with Crippen LogP contribution in [0.3, 0.4) is 0 Å². The number of nitrogens with one attached hydrogen (secondary N) is 4. The lowest BCUT2D eigenvalue weighted by Crippen LogP contribution is -2.55. The highest BCUT2D eigenvalue weighted by molar-refractivity contribution is 7.11. The Hall–Kier alpha value is -6.80. The molecule has 392 valence electrons. The Balaban J connectivity index is 0.808. The first-order chi connectivity index (χ1) is 36.1. The van der Waals surface area contributed by atoms with Crippen molar-refractivity contribution < 1.29 is 42.5 Å². The van der Waals surface area contributed by atoms with Gasteiger partial charge in [-0.3, -0.25) is 14.2 Å². The molecule has 3 saturated heterocycles. The number of benzene rings is 2. The Morgan fingerprint density at radius 2 is 1.48 bits per heavy atom. The fraction of sp³-hybridized carbons (Fsp3) is 0.509. The van der Waals surface area contributed by atoms with E-state index in [2.05, 4.69) is 31.2 Å². The van der Waals surface area contributed by atoms with Crippen molar-refractivity contribution in [2.24, 2.45) is 23.7 Å². The van der Waals surface area contributed by atoms with Gasteiger partial charge in [0.15, 0.2) is 0 Å². The summed E-state index contributed by atoms with van der Waals surface area (Å²) in [4.78, 5) is 79.9. The van der Waals surface area contributed by atoms with Gasteiger partial charge in [0.25, 0.3) is 0 Å². The lowest BCUT2D eigenvalue weighted by Gasteiger charge is -2.40. The van der Waals surface area contributed by atoms with Gasteiger partial charge in [-0.25, -0.2) is 28.9 Å². The summed E-state index contributed by atoms with van der Waals surface area (Å²) in [5.74, 6) is 1.75. The average molecular weight is 1040 g/mol. The zero-order valence-electron chi connectivity index (χ0n) is 42.7. The van der Waals surface area contributed by atoms with Crippen LogP contribution in [0.5, 0.6) is 5.75 Å². The smallest absolute Gasteiger partial charge is 0.407 e. The molecule has 4 aliphatic heterocycles. The van der Waals surface area contributed by atoms with Crippen molar-refractivity contribution in [1.82, 2.24) is 49.9 Å². The van der Waals surface area contributed by atoms with Crippen LogP contribution in [-0.2, 0) is 23.8 Å². The molecule has 0 bridgehead atoms. The summed E-state index contributed by atoms with van der Waals surface area (Å²) in [6, 6.07) is 9.48. The molecule has 13 rings (SSSR count). The number of thiazole rings is 1. The molecule has 5 unspecified atom stereocenters. The van der Waals surface area contributed by atoms with Gasteiger partial charge in [0.1, 0.15) is 35.3 Å². The summed E-state index contributed by atoms with van der Waals surface area (Å²) >= 11 is 1.63. The fourth-order valence-electron chi connectivity index (χ4n) is 12.7. The number of imidazole rings is 2. The molecule has 4 amide bonds. The lowest BCUT2D eigenvalue weighted by molar-refractivity contribution is -0.140. The van der Waals surface area contributed by atoms with Crippen molar-refractivity contribution >= 4 is 46.2 Å². The van der Waals surface area contributed by atoms with Crippen molar-refractivity contribution in [3.8, 4) is 39.5 Å². The molecule has 8 heterocycles. The number of methoxy groups -OCH3 is 2. The minimum atomic E-state index is -0.766. The third kappa shape index (κ3) is 8.42. The predicted molar refractivity (Wildman–Crippen MR) is 274 cm³/mol. The molecular formula is C55H61FN10O8S. The van der Waals surface area contributed by atoms with Crippen molar-refractivity contribution in [2.75, 3.05) is 20.8 Å². The van der Waals surface area contributed by atoms with E-state index < -0.39 is 41.9 Å². The first kappa shape index (κ1) is 47.9. The average Bonchev–Trinajstić information content (AvgIpc) is 4.22. The Morgan fingerprint density at radius 3 is 2.13 bits per heavy atom. The van der Waals surface area contributed by atoms with Crippen LogP contribution in [0.1, 0.15) is 125 Å². The molecule has 10 atom stereocenters. The van der Waals surface area contributed by atoms with Crippen LogP contribution < -0.4 is 15.4 Å². The van der Waals surface area contributed by atoms with Gasteiger partial charge in [-0.1, -0.05) is 19.9 Å². The van der Waals surface area contributed by atoms with Crippen LogP contribution in [0, 0.1) is 29.5 Å². The summed E-state index contributed by atoms with van der Waals surface area (Å²) in [5, 5.41) is 7.57. The first-order valence-electron chi connectivity index (χ1n) is 26.3. The number of likely N-dealkylation sites (tertiary alicyclic amines) is 2. The molecule has 18 nitrogen and oxygen atoms in total. The molecule has 6 fully saturated rings. The molecule has 0 spiro atoms. The molecule has 7 aliphatic rings. The van der Waals surface area contributed by atoms with Gasteiger partial charge in [-0.05, 0) is 119 Å². The SMILES string of the molecule is COC(=O)NC(C(=O)N1[C@@H]2C[C@@H]2C[C@H]1c1ncc(-c2ccc3c(c2)cc2n3C(c3cnc(C4CC4)s3)Oc3cc(-c4cnc([C@@H]5CC6CC6N5C(=O)[C@@H](NC(=O)OC)C(C)C)[nH]4)cc(F)c3-2)[nH]1)C1CCOC(C)(C)C1. The highest BCUT2D eigenvalue weighted by Crippen LogP contribution is 2.56. The van der Waals surface area contributed by atoms with E-state index in [0.717, 1.165) is 70.6 Å². The second-order valence-corrected chi connectivity index (χ2v) is 23.8. The number of carbonyl (C=O) groups excluding carboxylic acids is 4. The summed E-state index contributed by atoms with van der Waals surface area (Å²) in [5.41, 5.74) is 4.20. The Morgan fingerprint density at radius 1 is 0.813 bits per heavy atom. The van der Waals surface area contributed by atoms with E-state index in [0.29, 0.717) is 77.1 Å². The lowest BCUT2D eigenvalue weighted by atomic mass is 9.82. The number of carbonyl (C=O) groups is 4. The molecule has 3 aliphatic carbocycles. The van der Waals surface area contributed by atoms with Crippen LogP contribution in [0.25, 0.3) is 44.7 Å². The van der Waals surface area contributed by atoms with Crippen LogP contribution in [0.4, 0.5) is 14.0 Å². The van der Waals surface area contributed by atoms with Gasteiger partial charge in [0.2, 0.25) is 18.0 Å². The zero-order chi connectivity index (χ0) is 51.8. The van der Waals surface area contributed by atoms with Crippen LogP contribution in [-0.4, -0.2) is 114 Å². The molecule has 6 aromatic rings. The monoisotopic (exact) mass is 1040 g/mol. The molecular weight excluding hydrogens is 980 g/mol. The van der Waals surface area contributed by atoms with E-state index in [4.69, 9.17) is 33.9 Å². The third-order valence-corrected chi connectivity index (χ3v) is 18.0. The molecule has 3 saturated carbocycles. The molecule has 20 heteroatoms. The van der Waals surface area contributed by atoms with Gasteiger partial charge in [-0.2, -0.15) is 0 Å². The molecule has 4 N–H and O–H groups in total. The van der Waals surface area contributed by atoms with E-state index in [1.165, 1.54) is 20.3 Å². The summed E-state index contributed by atoms with van der Waals surface area (Å²) in [6.07, 6.45) is 10.2. The number of rotatable bonds is 12. The quantitative estimate of drug-likeness (QED) is 0.0908. The Kier molecular flexibility index (Phi) is 11.4. The van der Waals surface area contributed by atoms with Gasteiger partial charge >= 0.3 is 12.2 Å². The zero-order valence-corrected chi connectivity index (χ0v) is 43.5. The maximum atomic E-state index is 17.1. The van der Waals surface area contributed by atoms with Crippen LogP contribution >= 0.6 is 11.3 Å². The second-order valence-electron chi connectivity index (χ2n) is 22.7.